The molecule has 0 bridgehead atoms. The number of nitrogens with zero attached hydrogens (tertiary/aromatic N) is 1. The second kappa shape index (κ2) is 9.51. The number of allylic oxidation sites excluding steroid dienone is 3. The van der Waals surface area contributed by atoms with Gasteiger partial charge in [0.1, 0.15) is 11.7 Å². The molecular weight excluding hydrogens is 513 g/mol. The molecule has 0 aromatic heterocycles. The van der Waals surface area contributed by atoms with Crippen LogP contribution in [0.4, 0.5) is 11.4 Å². The first kappa shape index (κ1) is 26.4. The van der Waals surface area contributed by atoms with E-state index < -0.39 is 0 Å². The van der Waals surface area contributed by atoms with Crippen LogP contribution in [-0.2, 0) is 69.2 Å². The Kier molecular flexibility index (Phi) is 6.97. The summed E-state index contributed by atoms with van der Waals surface area (Å²) in [4.78, 5) is 3.94. The van der Waals surface area contributed by atoms with Crippen LogP contribution in [0, 0.1) is 6.08 Å². The molecule has 187 valence electrons. The molecule has 2 aliphatic heterocycles. The molecule has 2 unspecified atom stereocenters. The van der Waals surface area contributed by atoms with E-state index >= 15 is 0 Å². The molecule has 1 radical (unpaired) electrons. The molecular formula is C33H42N2Y. The van der Waals surface area contributed by atoms with Gasteiger partial charge in [0, 0.05) is 44.0 Å². The zero-order valence-electron chi connectivity index (χ0n) is 23.2. The van der Waals surface area contributed by atoms with Gasteiger partial charge in [-0.3, -0.25) is 4.90 Å². The standard InChI is InChI=1S/C33H41N2.Y/c1-32(2)28(34(5)26-20-18-22-12-7-9-14-24(22)30(26)32)16-11-17-29-33(3,4)31-25-15-10-8-13-23(25)19-21-27(31)35(29)6;/h16-21,28H,7-10,12-15H2,1-6H3;/q-1;/p+1/b29-17+;. The van der Waals surface area contributed by atoms with E-state index in [1.54, 1.807) is 33.4 Å². The van der Waals surface area contributed by atoms with Crippen LogP contribution in [0.5, 0.6) is 0 Å². The van der Waals surface area contributed by atoms with Gasteiger partial charge in [0.15, 0.2) is 0 Å². The van der Waals surface area contributed by atoms with Gasteiger partial charge in [-0.1, -0.05) is 26.0 Å². The Morgan fingerprint density at radius 3 is 2.11 bits per heavy atom. The van der Waals surface area contributed by atoms with Gasteiger partial charge < -0.3 is 4.90 Å². The predicted molar refractivity (Wildman–Crippen MR) is 147 cm³/mol. The van der Waals surface area contributed by atoms with Crippen LogP contribution in [0.25, 0.3) is 0 Å². The molecule has 36 heavy (non-hydrogen) atoms. The van der Waals surface area contributed by atoms with Crippen molar-refractivity contribution >= 4 is 11.4 Å². The maximum Gasteiger partial charge on any atom is 0.135 e. The Labute approximate surface area is 244 Å². The molecule has 2 heterocycles. The number of hydrogen-bond donors (Lipinski definition) is 1. The molecule has 0 saturated carbocycles. The number of benzene rings is 2. The van der Waals surface area contributed by atoms with E-state index in [0.717, 1.165) is 0 Å². The van der Waals surface area contributed by atoms with Crippen molar-refractivity contribution in [3.05, 3.63) is 81.6 Å². The summed E-state index contributed by atoms with van der Waals surface area (Å²) < 4.78 is 0. The summed E-state index contributed by atoms with van der Waals surface area (Å²) in [5.41, 5.74) is 14.0. The number of anilines is 1. The first-order chi connectivity index (χ1) is 16.7. The molecule has 2 atom stereocenters. The molecule has 6 rings (SSSR count). The number of aryl methyl sites for hydroxylation is 2. The van der Waals surface area contributed by atoms with E-state index in [0.29, 0.717) is 6.04 Å². The number of fused-ring (bicyclic) bond motifs is 6. The molecule has 0 fully saturated rings. The van der Waals surface area contributed by atoms with E-state index in [1.165, 1.54) is 73.3 Å². The summed E-state index contributed by atoms with van der Waals surface area (Å²) in [6.07, 6.45) is 18.7. The van der Waals surface area contributed by atoms with Crippen molar-refractivity contribution < 1.29 is 37.6 Å². The third kappa shape index (κ3) is 3.85. The topological polar surface area (TPSA) is 7.68 Å². The van der Waals surface area contributed by atoms with E-state index in [-0.39, 0.29) is 43.5 Å². The minimum atomic E-state index is 0. The number of quaternary nitrogens is 1. The van der Waals surface area contributed by atoms with Gasteiger partial charge in [-0.2, -0.15) is 0 Å². The van der Waals surface area contributed by atoms with Crippen molar-refractivity contribution in [1.82, 2.24) is 0 Å². The fourth-order valence-electron chi connectivity index (χ4n) is 8.06. The van der Waals surface area contributed by atoms with Gasteiger partial charge in [0.25, 0.3) is 0 Å². The average Bonchev–Trinajstić information content (AvgIpc) is 3.17. The predicted octanol–water partition coefficient (Wildman–Crippen LogP) is 5.92. The normalized spacial score (nSPS) is 26.4. The number of hydrogen-bond acceptors (Lipinski definition) is 1. The average molecular weight is 556 g/mol. The summed E-state index contributed by atoms with van der Waals surface area (Å²) in [6.45, 7) is 9.75. The Morgan fingerprint density at radius 2 is 1.44 bits per heavy atom. The second-order valence-electron chi connectivity index (χ2n) is 12.6. The van der Waals surface area contributed by atoms with Crippen LogP contribution in [-0.4, -0.2) is 20.1 Å². The smallest absolute Gasteiger partial charge is 0.135 e. The monoisotopic (exact) mass is 555 g/mol. The molecule has 2 aromatic rings. The van der Waals surface area contributed by atoms with Gasteiger partial charge in [-0.25, -0.2) is 12.2 Å². The van der Waals surface area contributed by atoms with Crippen LogP contribution >= 0.6 is 0 Å². The first-order valence-corrected chi connectivity index (χ1v) is 13.9. The van der Waals surface area contributed by atoms with Crippen LogP contribution in [0.2, 0.25) is 0 Å². The van der Waals surface area contributed by atoms with Crippen LogP contribution in [0.1, 0.15) is 86.8 Å². The van der Waals surface area contributed by atoms with Gasteiger partial charge in [0.2, 0.25) is 0 Å². The van der Waals surface area contributed by atoms with Crippen LogP contribution < -0.4 is 9.80 Å². The van der Waals surface area contributed by atoms with Gasteiger partial charge in [-0.05, 0) is 118 Å². The van der Waals surface area contributed by atoms with E-state index in [2.05, 4.69) is 89.2 Å². The Morgan fingerprint density at radius 1 is 0.861 bits per heavy atom. The van der Waals surface area contributed by atoms with E-state index in [1.807, 2.05) is 0 Å². The second-order valence-corrected chi connectivity index (χ2v) is 12.6. The summed E-state index contributed by atoms with van der Waals surface area (Å²) in [6, 6.07) is 9.98. The molecule has 2 nitrogen and oxygen atoms in total. The molecule has 0 amide bonds. The molecule has 1 N–H and O–H groups in total. The third-order valence-electron chi connectivity index (χ3n) is 9.83. The van der Waals surface area contributed by atoms with Crippen molar-refractivity contribution in [2.75, 3.05) is 19.0 Å². The molecule has 4 aliphatic rings. The van der Waals surface area contributed by atoms with Gasteiger partial charge >= 0.3 is 0 Å². The summed E-state index contributed by atoms with van der Waals surface area (Å²) in [5, 5.41) is 0. The van der Waals surface area contributed by atoms with Gasteiger partial charge in [0.05, 0.1) is 12.5 Å². The van der Waals surface area contributed by atoms with Crippen molar-refractivity contribution in [2.45, 2.75) is 95.9 Å². The maximum absolute atomic E-state index is 3.72. The van der Waals surface area contributed by atoms with Crippen LogP contribution in [0.3, 0.4) is 0 Å². The van der Waals surface area contributed by atoms with Crippen molar-refractivity contribution in [1.29, 1.82) is 0 Å². The molecule has 0 saturated heterocycles. The van der Waals surface area contributed by atoms with Crippen molar-refractivity contribution in [3.63, 3.8) is 0 Å². The number of likely N-dealkylation sites (N-methyl/N-ethyl adjacent to an activating group) is 2. The van der Waals surface area contributed by atoms with Gasteiger partial charge in [-0.15, -0.1) is 11.8 Å². The third-order valence-corrected chi connectivity index (χ3v) is 9.83. The SMILES string of the molecule is CN1/C(=C/[C-]=CC2[NH+](C)c3ccc4c(c3C2(C)C)CCCC4)C(C)(C)c2c1ccc1c2CCCC1.[Y]. The molecule has 3 heteroatoms. The Balaban J connectivity index is 0.00000267. The zero-order valence-corrected chi connectivity index (χ0v) is 26.1. The molecule has 0 spiro atoms. The fourth-order valence-corrected chi connectivity index (χ4v) is 8.06. The summed E-state index contributed by atoms with van der Waals surface area (Å²) in [7, 11) is 4.60. The maximum atomic E-state index is 3.72. The van der Waals surface area contributed by atoms with Crippen molar-refractivity contribution in [3.8, 4) is 0 Å². The number of rotatable bonds is 2. The van der Waals surface area contributed by atoms with E-state index in [9.17, 15) is 0 Å². The Bertz CT molecular complexity index is 1250. The first-order valence-electron chi connectivity index (χ1n) is 13.9. The summed E-state index contributed by atoms with van der Waals surface area (Å²) >= 11 is 0. The van der Waals surface area contributed by atoms with Crippen LogP contribution in [0.15, 0.2) is 42.1 Å². The molecule has 2 aromatic carbocycles. The van der Waals surface area contributed by atoms with Crippen molar-refractivity contribution in [2.24, 2.45) is 0 Å². The summed E-state index contributed by atoms with van der Waals surface area (Å²) in [5.74, 6) is 0. The quantitative estimate of drug-likeness (QED) is 0.453. The van der Waals surface area contributed by atoms with E-state index in [4.69, 9.17) is 0 Å². The fraction of sp³-hybridized carbons (Fsp3) is 0.515. The minimum Gasteiger partial charge on any atom is -0.426 e. The molecule has 2 aliphatic carbocycles. The number of nitrogens with one attached hydrogen (secondary N) is 1. The Hall–Kier alpha value is -1.22. The zero-order chi connectivity index (χ0) is 24.5. The largest absolute Gasteiger partial charge is 0.426 e. The minimum absolute atomic E-state index is 0.